The maximum absolute atomic E-state index is 8.88. The maximum atomic E-state index is 8.88. The van der Waals surface area contributed by atoms with E-state index in [0.29, 0.717) is 22.8 Å². The smallest absolute Gasteiger partial charge is 0.174 e. The molecule has 5 nitrogen and oxygen atoms in total. The summed E-state index contributed by atoms with van der Waals surface area (Å²) in [7, 11) is 1.54. The van der Waals surface area contributed by atoms with Gasteiger partial charge < -0.3 is 14.0 Å². The Hall–Kier alpha value is -2.48. The van der Waals surface area contributed by atoms with E-state index in [1.54, 1.807) is 31.4 Å². The van der Waals surface area contributed by atoms with Crippen molar-refractivity contribution in [2.45, 2.75) is 13.5 Å². The van der Waals surface area contributed by atoms with Crippen LogP contribution in [-0.2, 0) is 6.61 Å². The van der Waals surface area contributed by atoms with Crippen LogP contribution in [0.1, 0.15) is 17.0 Å². The number of hydrogen-bond donors (Lipinski definition) is 0. The predicted octanol–water partition coefficient (Wildman–Crippen LogP) is 2.44. The average Bonchev–Trinajstić information content (AvgIpc) is 2.81. The number of aromatic nitrogens is 1. The van der Waals surface area contributed by atoms with Crippen molar-refractivity contribution in [1.82, 2.24) is 5.16 Å². The van der Waals surface area contributed by atoms with E-state index in [-0.39, 0.29) is 6.61 Å². The van der Waals surface area contributed by atoms with Gasteiger partial charge in [-0.1, -0.05) is 5.16 Å². The van der Waals surface area contributed by atoms with Crippen LogP contribution >= 0.6 is 0 Å². The van der Waals surface area contributed by atoms with Crippen LogP contribution in [0.2, 0.25) is 0 Å². The van der Waals surface area contributed by atoms with Crippen molar-refractivity contribution in [1.29, 1.82) is 5.26 Å². The Morgan fingerprint density at radius 1 is 1.28 bits per heavy atom. The van der Waals surface area contributed by atoms with Crippen LogP contribution in [-0.4, -0.2) is 12.3 Å². The van der Waals surface area contributed by atoms with Crippen LogP contribution in [0.15, 0.2) is 28.8 Å². The molecule has 0 spiro atoms. The van der Waals surface area contributed by atoms with E-state index in [1.165, 1.54) is 0 Å². The summed E-state index contributed by atoms with van der Waals surface area (Å²) in [6, 6.07) is 8.85. The SMILES string of the molecule is COc1cc(C#N)cc(OCc2cc(C)no2)c1. The molecule has 0 unspecified atom stereocenters. The zero-order valence-electron chi connectivity index (χ0n) is 10.1. The number of methoxy groups -OCH3 is 1. The predicted molar refractivity (Wildman–Crippen MR) is 63.3 cm³/mol. The first-order valence-corrected chi connectivity index (χ1v) is 5.35. The molecule has 0 saturated heterocycles. The number of aryl methyl sites for hydroxylation is 1. The number of nitriles is 1. The van der Waals surface area contributed by atoms with Crippen LogP contribution in [0.5, 0.6) is 11.5 Å². The van der Waals surface area contributed by atoms with Gasteiger partial charge in [-0.15, -0.1) is 0 Å². The summed E-state index contributed by atoms with van der Waals surface area (Å²) in [5, 5.41) is 12.6. The van der Waals surface area contributed by atoms with Gasteiger partial charge in [-0.3, -0.25) is 0 Å². The lowest BCUT2D eigenvalue weighted by molar-refractivity contribution is 0.248. The second kappa shape index (κ2) is 5.23. The Bertz CT molecular complexity index is 584. The topological polar surface area (TPSA) is 68.3 Å². The highest BCUT2D eigenvalue weighted by atomic mass is 16.5. The molecule has 0 aliphatic carbocycles. The molecule has 1 heterocycles. The highest BCUT2D eigenvalue weighted by Crippen LogP contribution is 2.23. The Morgan fingerprint density at radius 2 is 2.06 bits per heavy atom. The largest absolute Gasteiger partial charge is 0.497 e. The van der Waals surface area contributed by atoms with Crippen molar-refractivity contribution < 1.29 is 14.0 Å². The van der Waals surface area contributed by atoms with Crippen molar-refractivity contribution in [3.05, 3.63) is 41.3 Å². The van der Waals surface area contributed by atoms with Gasteiger partial charge in [0.05, 0.1) is 24.4 Å². The first kappa shape index (κ1) is 12.0. The molecular formula is C13H12N2O3. The minimum Gasteiger partial charge on any atom is -0.497 e. The molecular weight excluding hydrogens is 232 g/mol. The first-order valence-electron chi connectivity index (χ1n) is 5.35. The molecule has 0 atom stereocenters. The molecule has 5 heteroatoms. The molecule has 0 bridgehead atoms. The summed E-state index contributed by atoms with van der Waals surface area (Å²) in [6.45, 7) is 2.10. The fraction of sp³-hybridized carbons (Fsp3) is 0.231. The highest BCUT2D eigenvalue weighted by molar-refractivity contribution is 5.43. The van der Waals surface area contributed by atoms with Crippen molar-refractivity contribution >= 4 is 0 Å². The standard InChI is InChI=1S/C13H12N2O3/c1-9-3-13(18-15-9)8-17-12-5-10(7-14)4-11(6-12)16-2/h3-6H,8H2,1-2H3. The van der Waals surface area contributed by atoms with Gasteiger partial charge in [-0.05, 0) is 19.1 Å². The maximum Gasteiger partial charge on any atom is 0.174 e. The monoisotopic (exact) mass is 244 g/mol. The Labute approximate surface area is 105 Å². The van der Waals surface area contributed by atoms with Gasteiger partial charge in [0.1, 0.15) is 18.1 Å². The van der Waals surface area contributed by atoms with Crippen LogP contribution in [0.3, 0.4) is 0 Å². The number of nitrogens with zero attached hydrogens (tertiary/aromatic N) is 2. The van der Waals surface area contributed by atoms with Crippen LogP contribution in [0, 0.1) is 18.3 Å². The third kappa shape index (κ3) is 2.80. The molecule has 0 radical (unpaired) electrons. The van der Waals surface area contributed by atoms with Crippen molar-refractivity contribution in [2.75, 3.05) is 7.11 Å². The number of ether oxygens (including phenoxy) is 2. The summed E-state index contributed by atoms with van der Waals surface area (Å²) in [6.07, 6.45) is 0. The molecule has 1 aromatic carbocycles. The molecule has 2 rings (SSSR count). The van der Waals surface area contributed by atoms with E-state index in [2.05, 4.69) is 5.16 Å². The second-order valence-corrected chi connectivity index (χ2v) is 3.73. The fourth-order valence-electron chi connectivity index (χ4n) is 1.48. The van der Waals surface area contributed by atoms with Crippen LogP contribution < -0.4 is 9.47 Å². The van der Waals surface area contributed by atoms with Gasteiger partial charge >= 0.3 is 0 Å². The van der Waals surface area contributed by atoms with Crippen molar-refractivity contribution in [3.8, 4) is 17.6 Å². The minimum absolute atomic E-state index is 0.263. The lowest BCUT2D eigenvalue weighted by Gasteiger charge is -2.06. The van der Waals surface area contributed by atoms with Gasteiger partial charge in [0.25, 0.3) is 0 Å². The van der Waals surface area contributed by atoms with E-state index >= 15 is 0 Å². The molecule has 92 valence electrons. The third-order valence-electron chi connectivity index (χ3n) is 2.30. The summed E-state index contributed by atoms with van der Waals surface area (Å²) >= 11 is 0. The molecule has 2 aromatic rings. The second-order valence-electron chi connectivity index (χ2n) is 3.73. The summed E-state index contributed by atoms with van der Waals surface area (Å²) in [5.41, 5.74) is 1.29. The molecule has 0 amide bonds. The third-order valence-corrected chi connectivity index (χ3v) is 2.30. The van der Waals surface area contributed by atoms with E-state index in [9.17, 15) is 0 Å². The molecule has 0 aliphatic heterocycles. The minimum atomic E-state index is 0.263. The molecule has 18 heavy (non-hydrogen) atoms. The van der Waals surface area contributed by atoms with Gasteiger partial charge in [-0.2, -0.15) is 5.26 Å². The Balaban J connectivity index is 2.11. The quantitative estimate of drug-likeness (QED) is 0.826. The Morgan fingerprint density at radius 3 is 2.67 bits per heavy atom. The molecule has 0 N–H and O–H groups in total. The normalized spacial score (nSPS) is 9.83. The summed E-state index contributed by atoms with van der Waals surface area (Å²) in [5.74, 6) is 1.77. The lowest BCUT2D eigenvalue weighted by Crippen LogP contribution is -1.95. The first-order chi connectivity index (χ1) is 8.71. The van der Waals surface area contributed by atoms with E-state index in [4.69, 9.17) is 19.3 Å². The van der Waals surface area contributed by atoms with Gasteiger partial charge in [0.2, 0.25) is 0 Å². The molecule has 0 fully saturated rings. The van der Waals surface area contributed by atoms with E-state index < -0.39 is 0 Å². The highest BCUT2D eigenvalue weighted by Gasteiger charge is 2.05. The van der Waals surface area contributed by atoms with Gasteiger partial charge in [-0.25, -0.2) is 0 Å². The lowest BCUT2D eigenvalue weighted by atomic mass is 10.2. The van der Waals surface area contributed by atoms with Crippen molar-refractivity contribution in [3.63, 3.8) is 0 Å². The molecule has 1 aromatic heterocycles. The zero-order valence-corrected chi connectivity index (χ0v) is 10.1. The fourth-order valence-corrected chi connectivity index (χ4v) is 1.48. The summed E-state index contributed by atoms with van der Waals surface area (Å²) < 4.78 is 15.6. The van der Waals surface area contributed by atoms with E-state index in [1.807, 2.05) is 13.0 Å². The summed E-state index contributed by atoms with van der Waals surface area (Å²) in [4.78, 5) is 0. The van der Waals surface area contributed by atoms with Gasteiger partial charge in [0, 0.05) is 12.1 Å². The van der Waals surface area contributed by atoms with E-state index in [0.717, 1.165) is 5.69 Å². The van der Waals surface area contributed by atoms with Crippen LogP contribution in [0.4, 0.5) is 0 Å². The van der Waals surface area contributed by atoms with Gasteiger partial charge in [0.15, 0.2) is 5.76 Å². The number of rotatable bonds is 4. The van der Waals surface area contributed by atoms with Crippen molar-refractivity contribution in [2.24, 2.45) is 0 Å². The zero-order chi connectivity index (χ0) is 13.0. The Kier molecular flexibility index (Phi) is 3.49. The number of benzene rings is 1. The average molecular weight is 244 g/mol. The van der Waals surface area contributed by atoms with Crippen LogP contribution in [0.25, 0.3) is 0 Å². The molecule has 0 aliphatic rings. The number of hydrogen-bond acceptors (Lipinski definition) is 5. The molecule has 0 saturated carbocycles.